The summed E-state index contributed by atoms with van der Waals surface area (Å²) in [6.07, 6.45) is 8.54. The minimum atomic E-state index is -0.620. The standard InChI is InChI=1S/C20H17N2P/c1-2-8-18(9-3-1)19-10-12-20(13-11-19)23(21-14-4-5-15-21)22-16-6-7-17-22/h1-17H. The maximum absolute atomic E-state index is 2.28. The summed E-state index contributed by atoms with van der Waals surface area (Å²) in [6.45, 7) is 0. The van der Waals surface area contributed by atoms with Crippen LogP contribution < -0.4 is 5.30 Å². The minimum absolute atomic E-state index is 0.620. The molecule has 23 heavy (non-hydrogen) atoms. The first kappa shape index (κ1) is 14.0. The molecule has 0 amide bonds. The van der Waals surface area contributed by atoms with Gasteiger partial charge in [0.25, 0.3) is 0 Å². The summed E-state index contributed by atoms with van der Waals surface area (Å²) in [5, 5.41) is 1.33. The van der Waals surface area contributed by atoms with Crippen LogP contribution in [0.5, 0.6) is 0 Å². The zero-order chi connectivity index (χ0) is 15.5. The fraction of sp³-hybridized carbons (Fsp3) is 0. The Hall–Kier alpha value is -2.57. The number of benzene rings is 2. The van der Waals surface area contributed by atoms with Gasteiger partial charge in [-0.25, -0.2) is 0 Å². The number of hydrogen-bond donors (Lipinski definition) is 0. The average molecular weight is 316 g/mol. The molecule has 4 rings (SSSR count). The van der Waals surface area contributed by atoms with Crippen LogP contribution in [0, 0.1) is 0 Å². The van der Waals surface area contributed by atoms with Crippen LogP contribution in [0.25, 0.3) is 11.1 Å². The number of rotatable bonds is 4. The molecule has 0 aliphatic rings. The number of nitrogens with zero attached hydrogens (tertiary/aromatic N) is 2. The summed E-state index contributed by atoms with van der Waals surface area (Å²) in [5.74, 6) is 0. The Labute approximate surface area is 137 Å². The van der Waals surface area contributed by atoms with Crippen molar-refractivity contribution < 1.29 is 0 Å². The molecular formula is C20H17N2P. The van der Waals surface area contributed by atoms with Gasteiger partial charge in [-0.3, -0.25) is 0 Å². The molecule has 2 heterocycles. The van der Waals surface area contributed by atoms with Crippen LogP contribution in [0.4, 0.5) is 0 Å². The normalized spacial score (nSPS) is 11.0. The number of aromatic nitrogens is 2. The Morgan fingerprint density at radius 1 is 0.478 bits per heavy atom. The van der Waals surface area contributed by atoms with Crippen molar-refractivity contribution in [2.45, 2.75) is 0 Å². The minimum Gasteiger partial charge on any atom is -0.312 e. The molecule has 0 saturated carbocycles. The van der Waals surface area contributed by atoms with E-state index in [-0.39, 0.29) is 0 Å². The van der Waals surface area contributed by atoms with Crippen molar-refractivity contribution in [3.63, 3.8) is 0 Å². The lowest BCUT2D eigenvalue weighted by molar-refractivity contribution is 1.15. The third-order valence-corrected chi connectivity index (χ3v) is 5.99. The summed E-state index contributed by atoms with van der Waals surface area (Å²) >= 11 is 0. The Balaban J connectivity index is 1.73. The van der Waals surface area contributed by atoms with Gasteiger partial charge < -0.3 is 8.68 Å². The monoisotopic (exact) mass is 316 g/mol. The fourth-order valence-corrected chi connectivity index (χ4v) is 4.71. The van der Waals surface area contributed by atoms with Crippen LogP contribution in [0.2, 0.25) is 0 Å². The molecule has 0 unspecified atom stereocenters. The summed E-state index contributed by atoms with van der Waals surface area (Å²) in [7, 11) is -0.620. The van der Waals surface area contributed by atoms with Crippen LogP contribution in [0.3, 0.4) is 0 Å². The topological polar surface area (TPSA) is 9.86 Å². The van der Waals surface area contributed by atoms with Gasteiger partial charge in [0.05, 0.1) is 0 Å². The third-order valence-electron chi connectivity index (χ3n) is 3.82. The highest BCUT2D eigenvalue weighted by atomic mass is 31.1. The van der Waals surface area contributed by atoms with Gasteiger partial charge in [0, 0.05) is 30.1 Å². The summed E-state index contributed by atoms with van der Waals surface area (Å²) in [5.41, 5.74) is 2.51. The van der Waals surface area contributed by atoms with E-state index in [0.717, 1.165) is 0 Å². The molecule has 4 aromatic rings. The summed E-state index contributed by atoms with van der Waals surface area (Å²) in [4.78, 5) is 0. The van der Waals surface area contributed by atoms with E-state index in [1.54, 1.807) is 0 Å². The van der Waals surface area contributed by atoms with Gasteiger partial charge in [-0.1, -0.05) is 54.6 Å². The van der Waals surface area contributed by atoms with Crippen LogP contribution >= 0.6 is 8.22 Å². The summed E-state index contributed by atoms with van der Waals surface area (Å²) in [6, 6.07) is 27.7. The molecule has 2 nitrogen and oxygen atoms in total. The van der Waals surface area contributed by atoms with Crippen LogP contribution in [0.15, 0.2) is 104 Å². The molecule has 0 aliphatic heterocycles. The molecule has 0 N–H and O–H groups in total. The van der Waals surface area contributed by atoms with Crippen molar-refractivity contribution in [2.75, 3.05) is 0 Å². The largest absolute Gasteiger partial charge is 0.312 e. The molecule has 0 spiro atoms. The van der Waals surface area contributed by atoms with E-state index in [4.69, 9.17) is 0 Å². The van der Waals surface area contributed by atoms with Crippen molar-refractivity contribution in [1.29, 1.82) is 0 Å². The highest BCUT2D eigenvalue weighted by Gasteiger charge is 2.14. The van der Waals surface area contributed by atoms with E-state index >= 15 is 0 Å². The maximum Gasteiger partial charge on any atom is 0.136 e. The first-order valence-electron chi connectivity index (χ1n) is 7.64. The average Bonchev–Trinajstić information content (AvgIpc) is 3.31. The van der Waals surface area contributed by atoms with Gasteiger partial charge in [0.1, 0.15) is 8.22 Å². The molecule has 3 heteroatoms. The smallest absolute Gasteiger partial charge is 0.136 e. The lowest BCUT2D eigenvalue weighted by Gasteiger charge is -2.21. The lowest BCUT2D eigenvalue weighted by Crippen LogP contribution is -2.11. The van der Waals surface area contributed by atoms with Crippen molar-refractivity contribution in [2.24, 2.45) is 0 Å². The molecule has 0 aliphatic carbocycles. The van der Waals surface area contributed by atoms with Gasteiger partial charge >= 0.3 is 0 Å². The van der Waals surface area contributed by atoms with Crippen molar-refractivity contribution in [3.8, 4) is 11.1 Å². The quantitative estimate of drug-likeness (QED) is 0.469. The Kier molecular flexibility index (Phi) is 3.83. The zero-order valence-corrected chi connectivity index (χ0v) is 13.6. The lowest BCUT2D eigenvalue weighted by atomic mass is 10.1. The molecule has 2 aromatic heterocycles. The van der Waals surface area contributed by atoms with Crippen molar-refractivity contribution in [3.05, 3.63) is 104 Å². The summed E-state index contributed by atoms with van der Waals surface area (Å²) < 4.78 is 4.57. The van der Waals surface area contributed by atoms with Crippen LogP contribution in [-0.2, 0) is 0 Å². The molecule has 0 radical (unpaired) electrons. The van der Waals surface area contributed by atoms with Gasteiger partial charge in [-0.15, -0.1) is 0 Å². The van der Waals surface area contributed by atoms with Crippen molar-refractivity contribution in [1.82, 2.24) is 8.68 Å². The van der Waals surface area contributed by atoms with Crippen LogP contribution in [0.1, 0.15) is 0 Å². The maximum atomic E-state index is 2.28. The van der Waals surface area contributed by atoms with E-state index in [1.165, 1.54) is 16.4 Å². The zero-order valence-electron chi connectivity index (χ0n) is 12.7. The second-order valence-electron chi connectivity index (χ2n) is 5.33. The number of hydrogen-bond acceptors (Lipinski definition) is 0. The molecular weight excluding hydrogens is 299 g/mol. The van der Waals surface area contributed by atoms with Gasteiger partial charge in [-0.2, -0.15) is 0 Å². The van der Waals surface area contributed by atoms with E-state index in [2.05, 4.69) is 112 Å². The molecule has 0 saturated heterocycles. The Morgan fingerprint density at radius 3 is 1.48 bits per heavy atom. The van der Waals surface area contributed by atoms with Crippen LogP contribution in [-0.4, -0.2) is 8.68 Å². The Morgan fingerprint density at radius 2 is 0.957 bits per heavy atom. The highest BCUT2D eigenvalue weighted by Crippen LogP contribution is 2.38. The predicted molar refractivity (Wildman–Crippen MR) is 98.1 cm³/mol. The van der Waals surface area contributed by atoms with E-state index in [0.29, 0.717) is 0 Å². The third kappa shape index (κ3) is 2.86. The Bertz CT molecular complexity index is 814. The van der Waals surface area contributed by atoms with E-state index in [1.807, 2.05) is 0 Å². The SMILES string of the molecule is c1ccc(-c2ccc(P(n3cccc3)n3cccc3)cc2)cc1. The first-order valence-corrected chi connectivity index (χ1v) is 8.89. The first-order chi connectivity index (χ1) is 11.4. The second kappa shape index (κ2) is 6.28. The van der Waals surface area contributed by atoms with E-state index < -0.39 is 8.22 Å². The van der Waals surface area contributed by atoms with Gasteiger partial charge in [0.2, 0.25) is 0 Å². The molecule has 0 bridgehead atoms. The molecule has 0 atom stereocenters. The van der Waals surface area contributed by atoms with Gasteiger partial charge in [-0.05, 0) is 35.4 Å². The van der Waals surface area contributed by atoms with Gasteiger partial charge in [0.15, 0.2) is 0 Å². The molecule has 0 fully saturated rings. The van der Waals surface area contributed by atoms with E-state index in [9.17, 15) is 0 Å². The highest BCUT2D eigenvalue weighted by molar-refractivity contribution is 7.62. The fourth-order valence-electron chi connectivity index (χ4n) is 2.71. The predicted octanol–water partition coefficient (Wildman–Crippen LogP) is 4.99. The second-order valence-corrected chi connectivity index (χ2v) is 7.35. The van der Waals surface area contributed by atoms with Crippen molar-refractivity contribution >= 4 is 13.5 Å². The molecule has 2 aromatic carbocycles. The molecule has 112 valence electrons.